The van der Waals surface area contributed by atoms with E-state index in [-0.39, 0.29) is 6.03 Å². The van der Waals surface area contributed by atoms with Crippen molar-refractivity contribution < 1.29 is 14.3 Å². The van der Waals surface area contributed by atoms with Gasteiger partial charge in [-0.3, -0.25) is 4.90 Å². The molecule has 0 saturated heterocycles. The number of nitrogens with zero attached hydrogens (tertiary/aromatic N) is 1. The van der Waals surface area contributed by atoms with E-state index < -0.39 is 0 Å². The number of para-hydroxylation sites is 1. The van der Waals surface area contributed by atoms with E-state index in [1.807, 2.05) is 37.3 Å². The normalized spacial score (nSPS) is 9.95. The van der Waals surface area contributed by atoms with Gasteiger partial charge in [-0.05, 0) is 31.2 Å². The summed E-state index contributed by atoms with van der Waals surface area (Å²) in [7, 11) is 3.14. The maximum atomic E-state index is 12.5. The zero-order chi connectivity index (χ0) is 15.9. The van der Waals surface area contributed by atoms with Gasteiger partial charge in [0.15, 0.2) is 0 Å². The van der Waals surface area contributed by atoms with Gasteiger partial charge in [-0.25, -0.2) is 4.79 Å². The molecular formula is C17H20N2O3. The van der Waals surface area contributed by atoms with Crippen LogP contribution in [0.15, 0.2) is 48.5 Å². The maximum Gasteiger partial charge on any atom is 0.326 e. The van der Waals surface area contributed by atoms with Crippen LogP contribution in [0.2, 0.25) is 0 Å². The summed E-state index contributed by atoms with van der Waals surface area (Å²) in [5, 5.41) is 2.87. The fourth-order valence-corrected chi connectivity index (χ4v) is 2.14. The van der Waals surface area contributed by atoms with Crippen LogP contribution in [-0.4, -0.2) is 26.8 Å². The van der Waals surface area contributed by atoms with Crippen LogP contribution in [0.1, 0.15) is 6.92 Å². The van der Waals surface area contributed by atoms with Gasteiger partial charge in [0.1, 0.15) is 11.5 Å². The second-order valence-electron chi connectivity index (χ2n) is 4.58. The lowest BCUT2D eigenvalue weighted by Gasteiger charge is -2.22. The SMILES string of the molecule is CCN(C(=O)Nc1ccc(OC)cc1OC)c1ccccc1. The molecule has 116 valence electrons. The minimum Gasteiger partial charge on any atom is -0.497 e. The van der Waals surface area contributed by atoms with E-state index >= 15 is 0 Å². The van der Waals surface area contributed by atoms with E-state index in [0.717, 1.165) is 5.69 Å². The van der Waals surface area contributed by atoms with Crippen molar-refractivity contribution >= 4 is 17.4 Å². The Morgan fingerprint density at radius 2 is 1.82 bits per heavy atom. The van der Waals surface area contributed by atoms with Crippen LogP contribution in [0.4, 0.5) is 16.2 Å². The number of hydrogen-bond donors (Lipinski definition) is 1. The van der Waals surface area contributed by atoms with Gasteiger partial charge < -0.3 is 14.8 Å². The lowest BCUT2D eigenvalue weighted by Crippen LogP contribution is -2.34. The largest absolute Gasteiger partial charge is 0.497 e. The Kier molecular flexibility index (Phi) is 5.25. The van der Waals surface area contributed by atoms with E-state index in [2.05, 4.69) is 5.32 Å². The zero-order valence-corrected chi connectivity index (χ0v) is 13.0. The van der Waals surface area contributed by atoms with Crippen molar-refractivity contribution in [3.8, 4) is 11.5 Å². The summed E-state index contributed by atoms with van der Waals surface area (Å²) < 4.78 is 10.4. The molecule has 0 spiro atoms. The highest BCUT2D eigenvalue weighted by atomic mass is 16.5. The van der Waals surface area contributed by atoms with Crippen LogP contribution in [0.25, 0.3) is 0 Å². The molecule has 2 aromatic rings. The van der Waals surface area contributed by atoms with Gasteiger partial charge in [0.05, 0.1) is 19.9 Å². The van der Waals surface area contributed by atoms with Crippen LogP contribution in [0.3, 0.4) is 0 Å². The minimum absolute atomic E-state index is 0.211. The molecule has 0 aliphatic rings. The number of methoxy groups -OCH3 is 2. The number of nitrogens with one attached hydrogen (secondary N) is 1. The summed E-state index contributed by atoms with van der Waals surface area (Å²) >= 11 is 0. The third-order valence-electron chi connectivity index (χ3n) is 3.28. The van der Waals surface area contributed by atoms with Crippen molar-refractivity contribution in [2.45, 2.75) is 6.92 Å². The smallest absolute Gasteiger partial charge is 0.326 e. The lowest BCUT2D eigenvalue weighted by molar-refractivity contribution is 0.257. The van der Waals surface area contributed by atoms with Crippen molar-refractivity contribution in [2.75, 3.05) is 31.0 Å². The molecule has 0 heterocycles. The number of anilines is 2. The highest BCUT2D eigenvalue weighted by molar-refractivity contribution is 6.02. The van der Waals surface area contributed by atoms with E-state index in [0.29, 0.717) is 23.7 Å². The molecule has 2 aromatic carbocycles. The average Bonchev–Trinajstić information content (AvgIpc) is 2.57. The third-order valence-corrected chi connectivity index (χ3v) is 3.28. The Labute approximate surface area is 130 Å². The van der Waals surface area contributed by atoms with E-state index in [4.69, 9.17) is 9.47 Å². The number of carbonyl (C=O) groups is 1. The standard InChI is InChI=1S/C17H20N2O3/c1-4-19(13-8-6-5-7-9-13)17(20)18-15-11-10-14(21-2)12-16(15)22-3/h5-12H,4H2,1-3H3,(H,18,20). The molecule has 0 aliphatic heterocycles. The number of urea groups is 1. The molecule has 0 unspecified atom stereocenters. The van der Waals surface area contributed by atoms with Crippen molar-refractivity contribution in [3.05, 3.63) is 48.5 Å². The Bertz CT molecular complexity index is 629. The van der Waals surface area contributed by atoms with Gasteiger partial charge in [-0.1, -0.05) is 18.2 Å². The zero-order valence-electron chi connectivity index (χ0n) is 13.0. The Morgan fingerprint density at radius 3 is 2.41 bits per heavy atom. The van der Waals surface area contributed by atoms with Crippen LogP contribution in [0, 0.1) is 0 Å². The monoisotopic (exact) mass is 300 g/mol. The van der Waals surface area contributed by atoms with Gasteiger partial charge in [0, 0.05) is 18.3 Å². The number of hydrogen-bond acceptors (Lipinski definition) is 3. The average molecular weight is 300 g/mol. The minimum atomic E-state index is -0.211. The van der Waals surface area contributed by atoms with Crippen molar-refractivity contribution in [3.63, 3.8) is 0 Å². The van der Waals surface area contributed by atoms with Crippen molar-refractivity contribution in [1.29, 1.82) is 0 Å². The first kappa shape index (κ1) is 15.7. The number of benzene rings is 2. The molecule has 2 amide bonds. The van der Waals surface area contributed by atoms with E-state index in [1.54, 1.807) is 37.3 Å². The first-order chi connectivity index (χ1) is 10.7. The summed E-state index contributed by atoms with van der Waals surface area (Å²) in [5.74, 6) is 1.22. The van der Waals surface area contributed by atoms with Crippen LogP contribution in [-0.2, 0) is 0 Å². The van der Waals surface area contributed by atoms with Gasteiger partial charge in [0.25, 0.3) is 0 Å². The molecule has 1 N–H and O–H groups in total. The highest BCUT2D eigenvalue weighted by Crippen LogP contribution is 2.29. The van der Waals surface area contributed by atoms with Gasteiger partial charge in [0.2, 0.25) is 0 Å². The van der Waals surface area contributed by atoms with Crippen LogP contribution in [0.5, 0.6) is 11.5 Å². The van der Waals surface area contributed by atoms with Crippen LogP contribution >= 0.6 is 0 Å². The second kappa shape index (κ2) is 7.36. The van der Waals surface area contributed by atoms with E-state index in [9.17, 15) is 4.79 Å². The Hall–Kier alpha value is -2.69. The van der Waals surface area contributed by atoms with Gasteiger partial charge >= 0.3 is 6.03 Å². The molecule has 2 rings (SSSR count). The summed E-state index contributed by atoms with van der Waals surface area (Å²) in [6.07, 6.45) is 0. The number of ether oxygens (including phenoxy) is 2. The summed E-state index contributed by atoms with van der Waals surface area (Å²) in [6.45, 7) is 2.49. The topological polar surface area (TPSA) is 50.8 Å². The predicted molar refractivity (Wildman–Crippen MR) is 88.0 cm³/mol. The molecule has 0 bridgehead atoms. The number of carbonyl (C=O) groups excluding carboxylic acids is 1. The predicted octanol–water partition coefficient (Wildman–Crippen LogP) is 3.76. The molecular weight excluding hydrogens is 280 g/mol. The first-order valence-corrected chi connectivity index (χ1v) is 7.05. The molecule has 0 atom stereocenters. The number of rotatable bonds is 5. The Balaban J connectivity index is 2.20. The van der Waals surface area contributed by atoms with E-state index in [1.165, 1.54) is 0 Å². The first-order valence-electron chi connectivity index (χ1n) is 7.05. The number of amides is 2. The summed E-state index contributed by atoms with van der Waals surface area (Å²) in [5.41, 5.74) is 1.44. The maximum absolute atomic E-state index is 12.5. The summed E-state index contributed by atoms with van der Waals surface area (Å²) in [4.78, 5) is 14.2. The van der Waals surface area contributed by atoms with Gasteiger partial charge in [-0.2, -0.15) is 0 Å². The third kappa shape index (κ3) is 3.49. The fourth-order valence-electron chi connectivity index (χ4n) is 2.14. The molecule has 0 aliphatic carbocycles. The quantitative estimate of drug-likeness (QED) is 0.914. The molecule has 0 aromatic heterocycles. The molecule has 0 fully saturated rings. The van der Waals surface area contributed by atoms with Crippen molar-refractivity contribution in [2.24, 2.45) is 0 Å². The lowest BCUT2D eigenvalue weighted by atomic mass is 10.2. The summed E-state index contributed by atoms with van der Waals surface area (Å²) in [6, 6.07) is 14.6. The fraction of sp³-hybridized carbons (Fsp3) is 0.235. The molecule has 0 saturated carbocycles. The second-order valence-corrected chi connectivity index (χ2v) is 4.58. The molecule has 22 heavy (non-hydrogen) atoms. The van der Waals surface area contributed by atoms with Crippen molar-refractivity contribution in [1.82, 2.24) is 0 Å². The molecule has 5 heteroatoms. The molecule has 5 nitrogen and oxygen atoms in total. The highest BCUT2D eigenvalue weighted by Gasteiger charge is 2.15. The van der Waals surface area contributed by atoms with Gasteiger partial charge in [-0.15, -0.1) is 0 Å². The van der Waals surface area contributed by atoms with Crippen LogP contribution < -0.4 is 19.7 Å². The molecule has 0 radical (unpaired) electrons. The Morgan fingerprint density at radius 1 is 1.09 bits per heavy atom.